The lowest BCUT2D eigenvalue weighted by Crippen LogP contribution is -3.14. The minimum atomic E-state index is -0.316. The number of para-hydroxylation sites is 2. The standard InChI is InChI=1S/C20H26N2O/c23-20(16-21-14-8-3-9-15-21)17-22(18-10-4-1-5-11-18)19-12-6-2-7-13-19/h1-2,4-7,10-13,20,23H,3,8-9,14-17H2/p+1/t20-/m0/s1. The SMILES string of the molecule is O[C@H](CN(c1ccccc1)c1ccccc1)C[NH+]1CCCCC1. The average Bonchev–Trinajstić information content (AvgIpc) is 2.62. The molecule has 2 aromatic rings. The van der Waals surface area contributed by atoms with E-state index < -0.39 is 0 Å². The first-order chi connectivity index (χ1) is 11.3. The molecule has 122 valence electrons. The van der Waals surface area contributed by atoms with Crippen molar-refractivity contribution in [1.29, 1.82) is 0 Å². The van der Waals surface area contributed by atoms with Crippen molar-refractivity contribution in [2.45, 2.75) is 25.4 Å². The van der Waals surface area contributed by atoms with E-state index in [4.69, 9.17) is 0 Å². The van der Waals surface area contributed by atoms with Crippen molar-refractivity contribution in [3.05, 3.63) is 60.7 Å². The Balaban J connectivity index is 1.71. The molecule has 23 heavy (non-hydrogen) atoms. The number of likely N-dealkylation sites (tertiary alicyclic amines) is 1. The molecule has 0 aliphatic carbocycles. The van der Waals surface area contributed by atoms with Crippen LogP contribution >= 0.6 is 0 Å². The molecule has 0 aromatic heterocycles. The van der Waals surface area contributed by atoms with E-state index in [1.165, 1.54) is 32.4 Å². The van der Waals surface area contributed by atoms with Crippen molar-refractivity contribution in [3.8, 4) is 0 Å². The average molecular weight is 311 g/mol. The third kappa shape index (κ3) is 4.57. The summed E-state index contributed by atoms with van der Waals surface area (Å²) >= 11 is 0. The summed E-state index contributed by atoms with van der Waals surface area (Å²) in [4.78, 5) is 3.76. The van der Waals surface area contributed by atoms with Gasteiger partial charge in [-0.15, -0.1) is 0 Å². The number of aliphatic hydroxyl groups excluding tert-OH is 1. The maximum atomic E-state index is 10.6. The van der Waals surface area contributed by atoms with Gasteiger partial charge < -0.3 is 14.9 Å². The Bertz CT molecular complexity index is 527. The summed E-state index contributed by atoms with van der Waals surface area (Å²) in [6.07, 6.45) is 3.62. The summed E-state index contributed by atoms with van der Waals surface area (Å²) in [5.74, 6) is 0. The van der Waals surface area contributed by atoms with Crippen molar-refractivity contribution in [2.75, 3.05) is 31.1 Å². The monoisotopic (exact) mass is 311 g/mol. The molecule has 0 radical (unpaired) electrons. The summed E-state index contributed by atoms with van der Waals surface area (Å²) in [7, 11) is 0. The van der Waals surface area contributed by atoms with Gasteiger partial charge in [0.1, 0.15) is 12.6 Å². The minimum absolute atomic E-state index is 0.316. The van der Waals surface area contributed by atoms with Crippen LogP contribution in [-0.4, -0.2) is 37.4 Å². The Hall–Kier alpha value is -1.84. The molecule has 2 aromatic carbocycles. The summed E-state index contributed by atoms with van der Waals surface area (Å²) in [6, 6.07) is 20.7. The molecule has 3 rings (SSSR count). The molecule has 1 fully saturated rings. The summed E-state index contributed by atoms with van der Waals surface area (Å²) in [6.45, 7) is 3.88. The van der Waals surface area contributed by atoms with Gasteiger partial charge in [0.15, 0.2) is 0 Å². The van der Waals surface area contributed by atoms with E-state index in [9.17, 15) is 5.11 Å². The maximum Gasteiger partial charge on any atom is 0.121 e. The number of anilines is 2. The van der Waals surface area contributed by atoms with Crippen LogP contribution in [0.25, 0.3) is 0 Å². The van der Waals surface area contributed by atoms with Crippen LogP contribution in [0.4, 0.5) is 11.4 Å². The molecule has 1 atom stereocenters. The lowest BCUT2D eigenvalue weighted by Gasteiger charge is -2.30. The van der Waals surface area contributed by atoms with Crippen LogP contribution in [-0.2, 0) is 0 Å². The Morgan fingerprint density at radius 2 is 1.35 bits per heavy atom. The number of nitrogens with zero attached hydrogens (tertiary/aromatic N) is 1. The molecular formula is C20H27N2O+. The fraction of sp³-hybridized carbons (Fsp3) is 0.400. The van der Waals surface area contributed by atoms with Crippen molar-refractivity contribution >= 4 is 11.4 Å². The van der Waals surface area contributed by atoms with Crippen LogP contribution in [0.3, 0.4) is 0 Å². The maximum absolute atomic E-state index is 10.6. The smallest absolute Gasteiger partial charge is 0.121 e. The number of piperidine rings is 1. The number of benzene rings is 2. The highest BCUT2D eigenvalue weighted by atomic mass is 16.3. The molecule has 0 bridgehead atoms. The second-order valence-corrected chi connectivity index (χ2v) is 6.45. The van der Waals surface area contributed by atoms with Gasteiger partial charge in [-0.3, -0.25) is 0 Å². The van der Waals surface area contributed by atoms with E-state index in [1.807, 2.05) is 36.4 Å². The Morgan fingerprint density at radius 1 is 0.826 bits per heavy atom. The van der Waals surface area contributed by atoms with E-state index in [-0.39, 0.29) is 6.10 Å². The number of aliphatic hydroxyl groups is 1. The van der Waals surface area contributed by atoms with Crippen LogP contribution in [0.15, 0.2) is 60.7 Å². The highest BCUT2D eigenvalue weighted by Crippen LogP contribution is 2.24. The van der Waals surface area contributed by atoms with Crippen LogP contribution < -0.4 is 9.80 Å². The van der Waals surface area contributed by atoms with Gasteiger partial charge in [0, 0.05) is 11.4 Å². The van der Waals surface area contributed by atoms with E-state index in [2.05, 4.69) is 29.2 Å². The number of quaternary nitrogens is 1. The van der Waals surface area contributed by atoms with Crippen molar-refractivity contribution in [3.63, 3.8) is 0 Å². The molecule has 2 N–H and O–H groups in total. The molecule has 1 saturated heterocycles. The number of hydrogen-bond acceptors (Lipinski definition) is 2. The molecule has 1 aliphatic heterocycles. The fourth-order valence-electron chi connectivity index (χ4n) is 3.44. The van der Waals surface area contributed by atoms with Crippen LogP contribution in [0.2, 0.25) is 0 Å². The predicted molar refractivity (Wildman–Crippen MR) is 95.3 cm³/mol. The van der Waals surface area contributed by atoms with Gasteiger partial charge in [-0.05, 0) is 43.5 Å². The third-order valence-electron chi connectivity index (χ3n) is 4.61. The van der Waals surface area contributed by atoms with E-state index >= 15 is 0 Å². The zero-order chi connectivity index (χ0) is 15.9. The fourth-order valence-corrected chi connectivity index (χ4v) is 3.44. The van der Waals surface area contributed by atoms with Crippen molar-refractivity contribution in [2.24, 2.45) is 0 Å². The number of hydrogen-bond donors (Lipinski definition) is 2. The highest BCUT2D eigenvalue weighted by molar-refractivity contribution is 5.62. The largest absolute Gasteiger partial charge is 0.385 e. The van der Waals surface area contributed by atoms with Crippen LogP contribution in [0.1, 0.15) is 19.3 Å². The molecular weight excluding hydrogens is 284 g/mol. The van der Waals surface area contributed by atoms with Crippen LogP contribution in [0, 0.1) is 0 Å². The van der Waals surface area contributed by atoms with Gasteiger partial charge in [-0.2, -0.15) is 0 Å². The second-order valence-electron chi connectivity index (χ2n) is 6.45. The molecule has 0 amide bonds. The minimum Gasteiger partial charge on any atom is -0.385 e. The third-order valence-corrected chi connectivity index (χ3v) is 4.61. The molecule has 3 heteroatoms. The molecule has 1 heterocycles. The van der Waals surface area contributed by atoms with Gasteiger partial charge in [0.2, 0.25) is 0 Å². The number of nitrogens with one attached hydrogen (secondary N) is 1. The van der Waals surface area contributed by atoms with Crippen molar-refractivity contribution < 1.29 is 10.0 Å². The summed E-state index contributed by atoms with van der Waals surface area (Å²) < 4.78 is 0. The van der Waals surface area contributed by atoms with E-state index in [1.54, 1.807) is 4.90 Å². The highest BCUT2D eigenvalue weighted by Gasteiger charge is 2.21. The molecule has 0 saturated carbocycles. The first-order valence-electron chi connectivity index (χ1n) is 8.72. The zero-order valence-corrected chi connectivity index (χ0v) is 13.7. The molecule has 0 spiro atoms. The quantitative estimate of drug-likeness (QED) is 0.856. The summed E-state index contributed by atoms with van der Waals surface area (Å²) in [5, 5.41) is 10.6. The molecule has 1 aliphatic rings. The molecule has 0 unspecified atom stereocenters. The normalized spacial score (nSPS) is 16.9. The van der Waals surface area contributed by atoms with Gasteiger partial charge in [-0.25, -0.2) is 0 Å². The Morgan fingerprint density at radius 3 is 1.87 bits per heavy atom. The molecule has 3 nitrogen and oxygen atoms in total. The van der Waals surface area contributed by atoms with Gasteiger partial charge in [0.05, 0.1) is 19.6 Å². The van der Waals surface area contributed by atoms with Crippen LogP contribution in [0.5, 0.6) is 0 Å². The van der Waals surface area contributed by atoms with E-state index in [0.29, 0.717) is 6.54 Å². The van der Waals surface area contributed by atoms with Crippen molar-refractivity contribution in [1.82, 2.24) is 0 Å². The van der Waals surface area contributed by atoms with Gasteiger partial charge in [-0.1, -0.05) is 36.4 Å². The first-order valence-corrected chi connectivity index (χ1v) is 8.72. The predicted octanol–water partition coefficient (Wildman–Crippen LogP) is 2.25. The lowest BCUT2D eigenvalue weighted by molar-refractivity contribution is -0.907. The van der Waals surface area contributed by atoms with E-state index in [0.717, 1.165) is 17.9 Å². The first kappa shape index (κ1) is 16.0. The Kier molecular flexibility index (Phi) is 5.67. The lowest BCUT2D eigenvalue weighted by atomic mass is 10.1. The summed E-state index contributed by atoms with van der Waals surface area (Å²) in [5.41, 5.74) is 2.26. The van der Waals surface area contributed by atoms with Gasteiger partial charge >= 0.3 is 0 Å². The van der Waals surface area contributed by atoms with Gasteiger partial charge in [0.25, 0.3) is 0 Å². The number of rotatable bonds is 6. The zero-order valence-electron chi connectivity index (χ0n) is 13.7. The topological polar surface area (TPSA) is 27.9 Å². The Labute approximate surface area is 139 Å². The second kappa shape index (κ2) is 8.14.